The van der Waals surface area contributed by atoms with E-state index in [2.05, 4.69) is 29.2 Å². The summed E-state index contributed by atoms with van der Waals surface area (Å²) in [6.07, 6.45) is 5.57. The fourth-order valence-electron chi connectivity index (χ4n) is 2.91. The highest BCUT2D eigenvalue weighted by molar-refractivity contribution is 14.1. The first-order chi connectivity index (χ1) is 5.75. The summed E-state index contributed by atoms with van der Waals surface area (Å²) in [6.45, 7) is 3.78. The number of hydrogen-bond acceptors (Lipinski definition) is 1. The number of fused-ring (bicyclic) bond motifs is 2. The number of rotatable bonds is 2. The monoisotopic (exact) mass is 278 g/mol. The summed E-state index contributed by atoms with van der Waals surface area (Å²) in [4.78, 5) is 0. The van der Waals surface area contributed by atoms with Gasteiger partial charge in [-0.1, -0.05) is 28.7 Å². The summed E-state index contributed by atoms with van der Waals surface area (Å²) in [6, 6.07) is 0. The van der Waals surface area contributed by atoms with Crippen LogP contribution in [0.3, 0.4) is 0 Å². The van der Waals surface area contributed by atoms with Crippen molar-refractivity contribution < 1.29 is 5.11 Å². The number of allylic oxidation sites excluding steroid dienone is 1. The van der Waals surface area contributed by atoms with E-state index in [9.17, 15) is 5.11 Å². The molecule has 2 heteroatoms. The second-order valence-electron chi connectivity index (χ2n) is 4.03. The topological polar surface area (TPSA) is 20.2 Å². The Kier molecular flexibility index (Phi) is 2.47. The van der Waals surface area contributed by atoms with Crippen LogP contribution in [-0.2, 0) is 0 Å². The SMILES string of the molecule is C=CCC1[C@@H](I)[C@H]2CC[C@@H]1[C@H]2O. The van der Waals surface area contributed by atoms with E-state index in [1.54, 1.807) is 0 Å². The average Bonchev–Trinajstić information content (AvgIpc) is 2.50. The molecule has 0 aliphatic heterocycles. The second kappa shape index (κ2) is 3.29. The first-order valence-electron chi connectivity index (χ1n) is 4.68. The Hall–Kier alpha value is 0.430. The molecule has 0 aromatic rings. The molecule has 0 spiro atoms. The van der Waals surface area contributed by atoms with E-state index in [4.69, 9.17) is 0 Å². The highest BCUT2D eigenvalue weighted by Crippen LogP contribution is 2.53. The fraction of sp³-hybridized carbons (Fsp3) is 0.800. The first-order valence-corrected chi connectivity index (χ1v) is 5.93. The maximum Gasteiger partial charge on any atom is 0.0609 e. The van der Waals surface area contributed by atoms with E-state index in [1.165, 1.54) is 12.8 Å². The maximum absolute atomic E-state index is 9.86. The van der Waals surface area contributed by atoms with Crippen LogP contribution in [0.4, 0.5) is 0 Å². The van der Waals surface area contributed by atoms with Crippen LogP contribution in [0.25, 0.3) is 0 Å². The molecule has 1 unspecified atom stereocenters. The molecule has 0 amide bonds. The van der Waals surface area contributed by atoms with Crippen LogP contribution in [0.2, 0.25) is 0 Å². The van der Waals surface area contributed by atoms with Crippen LogP contribution in [0.15, 0.2) is 12.7 Å². The summed E-state index contributed by atoms with van der Waals surface area (Å²) < 4.78 is 0.689. The molecule has 0 saturated heterocycles. The maximum atomic E-state index is 9.86. The summed E-state index contributed by atoms with van der Waals surface area (Å²) in [5.74, 6) is 1.87. The van der Waals surface area contributed by atoms with Crippen molar-refractivity contribution in [3.63, 3.8) is 0 Å². The van der Waals surface area contributed by atoms with Crippen molar-refractivity contribution in [2.24, 2.45) is 17.8 Å². The predicted molar refractivity (Wildman–Crippen MR) is 58.3 cm³/mol. The van der Waals surface area contributed by atoms with E-state index >= 15 is 0 Å². The lowest BCUT2D eigenvalue weighted by Gasteiger charge is -2.24. The zero-order chi connectivity index (χ0) is 8.72. The molecule has 2 rings (SSSR count). The molecule has 0 aromatic carbocycles. The summed E-state index contributed by atoms with van der Waals surface area (Å²) in [7, 11) is 0. The van der Waals surface area contributed by atoms with Gasteiger partial charge in [-0.25, -0.2) is 0 Å². The van der Waals surface area contributed by atoms with Crippen LogP contribution >= 0.6 is 22.6 Å². The molecule has 5 atom stereocenters. The molecule has 68 valence electrons. The number of halogens is 1. The summed E-state index contributed by atoms with van der Waals surface area (Å²) >= 11 is 2.52. The molecule has 2 fully saturated rings. The van der Waals surface area contributed by atoms with Crippen LogP contribution in [0.5, 0.6) is 0 Å². The van der Waals surface area contributed by atoms with Gasteiger partial charge in [0.1, 0.15) is 0 Å². The molecule has 2 saturated carbocycles. The van der Waals surface area contributed by atoms with Gasteiger partial charge in [0.25, 0.3) is 0 Å². The first kappa shape index (κ1) is 9.00. The van der Waals surface area contributed by atoms with Crippen LogP contribution in [-0.4, -0.2) is 15.1 Å². The van der Waals surface area contributed by atoms with E-state index < -0.39 is 0 Å². The Balaban J connectivity index is 2.12. The molecule has 12 heavy (non-hydrogen) atoms. The summed E-state index contributed by atoms with van der Waals surface area (Å²) in [5, 5.41) is 9.86. The van der Waals surface area contributed by atoms with Crippen molar-refractivity contribution in [1.82, 2.24) is 0 Å². The van der Waals surface area contributed by atoms with E-state index in [0.717, 1.165) is 6.42 Å². The lowest BCUT2D eigenvalue weighted by atomic mass is 9.86. The third-order valence-corrected chi connectivity index (χ3v) is 5.36. The lowest BCUT2D eigenvalue weighted by molar-refractivity contribution is 0.121. The number of hydrogen-bond donors (Lipinski definition) is 1. The van der Waals surface area contributed by atoms with Gasteiger partial charge in [0, 0.05) is 3.92 Å². The molecule has 0 radical (unpaired) electrons. The standard InChI is InChI=1S/C10H15IO/c1-2-3-6-7-4-5-8(9(6)11)10(7)12/h2,6-10,12H,1,3-5H2/t6?,7-,8+,9+,10+/m0/s1. The van der Waals surface area contributed by atoms with Crippen molar-refractivity contribution in [2.75, 3.05) is 0 Å². The minimum absolute atomic E-state index is 0.00292. The zero-order valence-corrected chi connectivity index (χ0v) is 9.28. The van der Waals surface area contributed by atoms with Crippen LogP contribution in [0.1, 0.15) is 19.3 Å². The van der Waals surface area contributed by atoms with Gasteiger partial charge in [-0.3, -0.25) is 0 Å². The van der Waals surface area contributed by atoms with Crippen molar-refractivity contribution in [3.05, 3.63) is 12.7 Å². The Morgan fingerprint density at radius 1 is 1.42 bits per heavy atom. The van der Waals surface area contributed by atoms with Crippen LogP contribution < -0.4 is 0 Å². The highest BCUT2D eigenvalue weighted by atomic mass is 127. The van der Waals surface area contributed by atoms with Gasteiger partial charge in [-0.05, 0) is 37.0 Å². The predicted octanol–water partition coefficient (Wildman–Crippen LogP) is 2.38. The van der Waals surface area contributed by atoms with Gasteiger partial charge in [0.05, 0.1) is 6.10 Å². The van der Waals surface area contributed by atoms with Crippen molar-refractivity contribution >= 4 is 22.6 Å². The number of aliphatic hydroxyl groups excluding tert-OH is 1. The third kappa shape index (κ3) is 1.15. The van der Waals surface area contributed by atoms with Crippen LogP contribution in [0, 0.1) is 17.8 Å². The number of aliphatic hydroxyl groups is 1. The molecule has 1 nitrogen and oxygen atoms in total. The minimum atomic E-state index is -0.00292. The lowest BCUT2D eigenvalue weighted by Crippen LogP contribution is -2.21. The van der Waals surface area contributed by atoms with E-state index in [1.807, 2.05) is 6.08 Å². The molecular formula is C10H15IO. The zero-order valence-electron chi connectivity index (χ0n) is 7.12. The Morgan fingerprint density at radius 3 is 2.58 bits per heavy atom. The van der Waals surface area contributed by atoms with Gasteiger partial charge in [0.2, 0.25) is 0 Å². The third-order valence-electron chi connectivity index (χ3n) is 3.52. The summed E-state index contributed by atoms with van der Waals surface area (Å²) in [5.41, 5.74) is 0. The van der Waals surface area contributed by atoms with Gasteiger partial charge in [0.15, 0.2) is 0 Å². The Bertz CT molecular complexity index is 192. The molecule has 2 bridgehead atoms. The smallest absolute Gasteiger partial charge is 0.0609 e. The quantitative estimate of drug-likeness (QED) is 0.467. The van der Waals surface area contributed by atoms with Crippen molar-refractivity contribution in [2.45, 2.75) is 29.3 Å². The Labute approximate surface area is 87.4 Å². The minimum Gasteiger partial charge on any atom is -0.393 e. The average molecular weight is 278 g/mol. The number of alkyl halides is 1. The van der Waals surface area contributed by atoms with Gasteiger partial charge in [-0.2, -0.15) is 0 Å². The van der Waals surface area contributed by atoms with E-state index in [-0.39, 0.29) is 6.10 Å². The van der Waals surface area contributed by atoms with Gasteiger partial charge >= 0.3 is 0 Å². The molecule has 2 aliphatic carbocycles. The fourth-order valence-corrected chi connectivity index (χ4v) is 4.52. The molecule has 0 aromatic heterocycles. The second-order valence-corrected chi connectivity index (χ2v) is 5.47. The molecule has 0 heterocycles. The highest BCUT2D eigenvalue weighted by Gasteiger charge is 2.52. The van der Waals surface area contributed by atoms with Gasteiger partial charge in [-0.15, -0.1) is 6.58 Å². The normalized spacial score (nSPS) is 51.3. The van der Waals surface area contributed by atoms with Gasteiger partial charge < -0.3 is 5.11 Å². The molecule has 1 N–H and O–H groups in total. The molecular weight excluding hydrogens is 263 g/mol. The van der Waals surface area contributed by atoms with Crippen molar-refractivity contribution in [1.29, 1.82) is 0 Å². The molecule has 2 aliphatic rings. The Morgan fingerprint density at radius 2 is 2.08 bits per heavy atom. The van der Waals surface area contributed by atoms with Crippen molar-refractivity contribution in [3.8, 4) is 0 Å². The largest absolute Gasteiger partial charge is 0.393 e. The van der Waals surface area contributed by atoms with E-state index in [0.29, 0.717) is 21.7 Å².